The van der Waals surface area contributed by atoms with Gasteiger partial charge in [0.2, 0.25) is 0 Å². The van der Waals surface area contributed by atoms with E-state index in [0.717, 1.165) is 44.2 Å². The van der Waals surface area contributed by atoms with Crippen LogP contribution >= 0.6 is 0 Å². The van der Waals surface area contributed by atoms with Crippen molar-refractivity contribution in [1.29, 1.82) is 0 Å². The van der Waals surface area contributed by atoms with Crippen LogP contribution in [-0.2, 0) is 6.54 Å². The van der Waals surface area contributed by atoms with Gasteiger partial charge in [0, 0.05) is 45.3 Å². The molecule has 1 N–H and O–H groups in total. The van der Waals surface area contributed by atoms with Crippen molar-refractivity contribution in [3.8, 4) is 5.75 Å². The predicted octanol–water partition coefficient (Wildman–Crippen LogP) is 1.68. The molecule has 6 nitrogen and oxygen atoms in total. The van der Waals surface area contributed by atoms with Gasteiger partial charge in [-0.05, 0) is 31.2 Å². The van der Waals surface area contributed by atoms with Crippen molar-refractivity contribution < 1.29 is 18.8 Å². The fraction of sp³-hybridized carbons (Fsp3) is 0.500. The second-order valence-corrected chi connectivity index (χ2v) is 6.42. The standard InChI is InChI=1S/C18H24FN3O3/c1-14-10-16(20-25-14)11-21-6-8-22(9-7-21)12-17(23)13-24-18-4-2-15(19)3-5-18/h2-5,10,17,23H,6-9,11-13H2,1H3/t17-/m0/s1. The van der Waals surface area contributed by atoms with Gasteiger partial charge in [-0.15, -0.1) is 0 Å². The van der Waals surface area contributed by atoms with Crippen LogP contribution in [-0.4, -0.2) is 65.5 Å². The van der Waals surface area contributed by atoms with Gasteiger partial charge in [-0.25, -0.2) is 4.39 Å². The summed E-state index contributed by atoms with van der Waals surface area (Å²) in [4.78, 5) is 4.55. The molecule has 25 heavy (non-hydrogen) atoms. The summed E-state index contributed by atoms with van der Waals surface area (Å²) in [6.07, 6.45) is -0.574. The van der Waals surface area contributed by atoms with E-state index in [2.05, 4.69) is 15.0 Å². The molecule has 2 aromatic rings. The number of benzene rings is 1. The molecule has 0 amide bonds. The molecule has 1 saturated heterocycles. The Bertz CT molecular complexity index is 654. The predicted molar refractivity (Wildman–Crippen MR) is 90.9 cm³/mol. The number of aliphatic hydroxyl groups is 1. The van der Waals surface area contributed by atoms with E-state index in [1.165, 1.54) is 12.1 Å². The third-order valence-corrected chi connectivity index (χ3v) is 4.25. The zero-order valence-corrected chi connectivity index (χ0v) is 14.4. The van der Waals surface area contributed by atoms with Gasteiger partial charge >= 0.3 is 0 Å². The smallest absolute Gasteiger partial charge is 0.133 e. The van der Waals surface area contributed by atoms with E-state index in [9.17, 15) is 9.50 Å². The SMILES string of the molecule is Cc1cc(CN2CCN(C[C@H](O)COc3ccc(F)cc3)CC2)no1. The normalized spacial score (nSPS) is 17.6. The maximum atomic E-state index is 12.8. The number of aliphatic hydroxyl groups excluding tert-OH is 1. The Kier molecular flexibility index (Phi) is 6.01. The van der Waals surface area contributed by atoms with Gasteiger partial charge in [-0.1, -0.05) is 5.16 Å². The molecule has 0 aliphatic carbocycles. The molecule has 1 aliphatic heterocycles. The monoisotopic (exact) mass is 349 g/mol. The molecule has 0 unspecified atom stereocenters. The van der Waals surface area contributed by atoms with Crippen molar-refractivity contribution >= 4 is 0 Å². The lowest BCUT2D eigenvalue weighted by Gasteiger charge is -2.35. The molecule has 1 aromatic carbocycles. The molecule has 3 rings (SSSR count). The topological polar surface area (TPSA) is 62.0 Å². The van der Waals surface area contributed by atoms with Gasteiger partial charge < -0.3 is 14.4 Å². The zero-order valence-electron chi connectivity index (χ0n) is 14.4. The molecule has 7 heteroatoms. The largest absolute Gasteiger partial charge is 0.491 e. The molecular weight excluding hydrogens is 325 g/mol. The fourth-order valence-electron chi connectivity index (χ4n) is 2.93. The second kappa shape index (κ2) is 8.42. The summed E-state index contributed by atoms with van der Waals surface area (Å²) < 4.78 is 23.4. The lowest BCUT2D eigenvalue weighted by atomic mass is 10.2. The number of ether oxygens (including phenoxy) is 1. The molecule has 136 valence electrons. The molecule has 1 fully saturated rings. The maximum absolute atomic E-state index is 12.8. The number of hydrogen-bond acceptors (Lipinski definition) is 6. The summed E-state index contributed by atoms with van der Waals surface area (Å²) in [5.41, 5.74) is 0.957. The summed E-state index contributed by atoms with van der Waals surface area (Å²) in [6, 6.07) is 7.77. The van der Waals surface area contributed by atoms with Crippen LogP contribution in [0, 0.1) is 12.7 Å². The Morgan fingerprint density at radius 2 is 1.88 bits per heavy atom. The molecule has 0 radical (unpaired) electrons. The van der Waals surface area contributed by atoms with Crippen LogP contribution in [0.4, 0.5) is 4.39 Å². The average Bonchev–Trinajstić information content (AvgIpc) is 3.01. The van der Waals surface area contributed by atoms with E-state index in [1.54, 1.807) is 12.1 Å². The van der Waals surface area contributed by atoms with Crippen LogP contribution in [0.2, 0.25) is 0 Å². The minimum absolute atomic E-state index is 0.198. The van der Waals surface area contributed by atoms with Gasteiger partial charge in [0.05, 0.1) is 5.69 Å². The van der Waals surface area contributed by atoms with Crippen LogP contribution in [0.5, 0.6) is 5.75 Å². The van der Waals surface area contributed by atoms with Gasteiger partial charge in [0.1, 0.15) is 30.0 Å². The van der Waals surface area contributed by atoms with E-state index in [1.807, 2.05) is 13.0 Å². The number of hydrogen-bond donors (Lipinski definition) is 1. The third kappa shape index (κ3) is 5.52. The first-order chi connectivity index (χ1) is 12.1. The second-order valence-electron chi connectivity index (χ2n) is 6.42. The Labute approximate surface area is 146 Å². The quantitative estimate of drug-likeness (QED) is 0.821. The molecule has 2 heterocycles. The molecule has 0 saturated carbocycles. The van der Waals surface area contributed by atoms with Crippen LogP contribution in [0.3, 0.4) is 0 Å². The highest BCUT2D eigenvalue weighted by Crippen LogP contribution is 2.12. The lowest BCUT2D eigenvalue weighted by molar-refractivity contribution is 0.0442. The van der Waals surface area contributed by atoms with E-state index in [0.29, 0.717) is 12.3 Å². The summed E-state index contributed by atoms with van der Waals surface area (Å²) in [5, 5.41) is 14.2. The first-order valence-corrected chi connectivity index (χ1v) is 8.52. The molecule has 1 aliphatic rings. The molecule has 0 spiro atoms. The van der Waals surface area contributed by atoms with Crippen LogP contribution in [0.1, 0.15) is 11.5 Å². The zero-order chi connectivity index (χ0) is 17.6. The minimum atomic E-state index is -0.574. The lowest BCUT2D eigenvalue weighted by Crippen LogP contribution is -2.48. The fourth-order valence-corrected chi connectivity index (χ4v) is 2.93. The number of halogens is 1. The average molecular weight is 349 g/mol. The summed E-state index contributed by atoms with van der Waals surface area (Å²) in [7, 11) is 0. The van der Waals surface area contributed by atoms with E-state index < -0.39 is 6.10 Å². The van der Waals surface area contributed by atoms with Crippen LogP contribution in [0.25, 0.3) is 0 Å². The maximum Gasteiger partial charge on any atom is 0.133 e. The van der Waals surface area contributed by atoms with E-state index in [4.69, 9.17) is 9.26 Å². The van der Waals surface area contributed by atoms with Crippen molar-refractivity contribution in [1.82, 2.24) is 15.0 Å². The Morgan fingerprint density at radius 1 is 1.20 bits per heavy atom. The van der Waals surface area contributed by atoms with Crippen molar-refractivity contribution in [2.24, 2.45) is 0 Å². The van der Waals surface area contributed by atoms with Crippen molar-refractivity contribution in [3.63, 3.8) is 0 Å². The van der Waals surface area contributed by atoms with Crippen LogP contribution in [0.15, 0.2) is 34.9 Å². The van der Waals surface area contributed by atoms with Crippen molar-refractivity contribution in [3.05, 3.63) is 47.6 Å². The number of nitrogens with zero attached hydrogens (tertiary/aromatic N) is 3. The highest BCUT2D eigenvalue weighted by Gasteiger charge is 2.20. The van der Waals surface area contributed by atoms with Crippen LogP contribution < -0.4 is 4.74 Å². The van der Waals surface area contributed by atoms with E-state index >= 15 is 0 Å². The first-order valence-electron chi connectivity index (χ1n) is 8.52. The Morgan fingerprint density at radius 3 is 2.52 bits per heavy atom. The molecule has 0 bridgehead atoms. The first kappa shape index (κ1) is 17.8. The summed E-state index contributed by atoms with van der Waals surface area (Å²) in [5.74, 6) is 1.10. The number of β-amino-alcohol motifs (C(OH)–C–C–N with tert-alkyl or cyclic N) is 1. The molecular formula is C18H24FN3O3. The van der Waals surface area contributed by atoms with Gasteiger partial charge in [0.15, 0.2) is 0 Å². The summed E-state index contributed by atoms with van der Waals surface area (Å²) >= 11 is 0. The molecule has 1 aromatic heterocycles. The Balaban J connectivity index is 1.35. The highest BCUT2D eigenvalue weighted by molar-refractivity contribution is 5.22. The van der Waals surface area contributed by atoms with Gasteiger partial charge in [-0.3, -0.25) is 9.80 Å². The molecule has 1 atom stereocenters. The van der Waals surface area contributed by atoms with Gasteiger partial charge in [-0.2, -0.15) is 0 Å². The number of rotatable bonds is 7. The minimum Gasteiger partial charge on any atom is -0.491 e. The third-order valence-electron chi connectivity index (χ3n) is 4.25. The van der Waals surface area contributed by atoms with Gasteiger partial charge in [0.25, 0.3) is 0 Å². The number of aryl methyl sites for hydroxylation is 1. The number of piperazine rings is 1. The number of aromatic nitrogens is 1. The van der Waals surface area contributed by atoms with Crippen molar-refractivity contribution in [2.45, 2.75) is 19.6 Å². The highest BCUT2D eigenvalue weighted by atomic mass is 19.1. The van der Waals surface area contributed by atoms with E-state index in [-0.39, 0.29) is 12.4 Å². The summed E-state index contributed by atoms with van der Waals surface area (Å²) in [6.45, 7) is 7.09. The Hall–Kier alpha value is -1.96. The van der Waals surface area contributed by atoms with Crippen molar-refractivity contribution in [2.75, 3.05) is 39.3 Å².